The summed E-state index contributed by atoms with van der Waals surface area (Å²) in [5, 5.41) is 4.10. The number of methoxy groups -OCH3 is 1. The molecule has 0 unspecified atom stereocenters. The van der Waals surface area contributed by atoms with E-state index in [4.69, 9.17) is 14.0 Å². The summed E-state index contributed by atoms with van der Waals surface area (Å²) in [6.07, 6.45) is 0. The van der Waals surface area contributed by atoms with Crippen LogP contribution >= 0.6 is 0 Å². The zero-order valence-electron chi connectivity index (χ0n) is 15.8. The molecule has 1 aromatic heterocycles. The van der Waals surface area contributed by atoms with Crippen molar-refractivity contribution in [2.45, 2.75) is 13.5 Å². The molecule has 0 fully saturated rings. The average Bonchev–Trinajstić information content (AvgIpc) is 3.23. The number of hydrogen-bond donors (Lipinski definition) is 0. The van der Waals surface area contributed by atoms with E-state index >= 15 is 0 Å². The van der Waals surface area contributed by atoms with Crippen LogP contribution in [0.3, 0.4) is 0 Å². The molecule has 5 heteroatoms. The van der Waals surface area contributed by atoms with Gasteiger partial charge in [-0.3, -0.25) is 0 Å². The predicted molar refractivity (Wildman–Crippen MR) is 107 cm³/mol. The van der Waals surface area contributed by atoms with E-state index in [0.717, 1.165) is 16.7 Å². The van der Waals surface area contributed by atoms with Crippen molar-refractivity contribution in [2.24, 2.45) is 0 Å². The molecule has 4 rings (SSSR count). The Morgan fingerprint density at radius 2 is 1.61 bits per heavy atom. The molecule has 0 aliphatic carbocycles. The van der Waals surface area contributed by atoms with Crippen LogP contribution in [0.5, 0.6) is 11.5 Å². The lowest BCUT2D eigenvalue weighted by molar-refractivity contribution is 0.284. The normalized spacial score (nSPS) is 10.6. The van der Waals surface area contributed by atoms with Gasteiger partial charge in [0.25, 0.3) is 5.89 Å². The maximum atomic E-state index is 5.90. The molecule has 0 amide bonds. The van der Waals surface area contributed by atoms with Crippen LogP contribution in [0.15, 0.2) is 77.3 Å². The molecule has 0 saturated carbocycles. The lowest BCUT2D eigenvalue weighted by atomic mass is 10.1. The molecule has 1 heterocycles. The minimum absolute atomic E-state index is 0.469. The maximum Gasteiger partial charge on any atom is 0.258 e. The van der Waals surface area contributed by atoms with Gasteiger partial charge < -0.3 is 14.0 Å². The van der Waals surface area contributed by atoms with E-state index in [9.17, 15) is 0 Å². The summed E-state index contributed by atoms with van der Waals surface area (Å²) >= 11 is 0. The molecule has 5 nitrogen and oxygen atoms in total. The van der Waals surface area contributed by atoms with Gasteiger partial charge >= 0.3 is 0 Å². The minimum atomic E-state index is 0.469. The van der Waals surface area contributed by atoms with Gasteiger partial charge in [0, 0.05) is 11.1 Å². The Bertz CT molecular complexity index is 1060. The highest BCUT2D eigenvalue weighted by molar-refractivity contribution is 5.63. The third kappa shape index (κ3) is 3.88. The smallest absolute Gasteiger partial charge is 0.258 e. The molecule has 3 aromatic carbocycles. The van der Waals surface area contributed by atoms with Crippen molar-refractivity contribution in [3.05, 3.63) is 83.9 Å². The van der Waals surface area contributed by atoms with Crippen molar-refractivity contribution >= 4 is 0 Å². The summed E-state index contributed by atoms with van der Waals surface area (Å²) in [6.45, 7) is 2.51. The Balaban J connectivity index is 1.55. The van der Waals surface area contributed by atoms with E-state index in [2.05, 4.69) is 10.1 Å². The van der Waals surface area contributed by atoms with Gasteiger partial charge in [-0.25, -0.2) is 0 Å². The lowest BCUT2D eigenvalue weighted by Gasteiger charge is -2.11. The fourth-order valence-electron chi connectivity index (χ4n) is 2.82. The molecule has 0 aliphatic heterocycles. The molecule has 0 spiro atoms. The number of aromatic nitrogens is 2. The molecular weight excluding hydrogens is 352 g/mol. The summed E-state index contributed by atoms with van der Waals surface area (Å²) in [6, 6.07) is 23.6. The molecule has 0 aliphatic rings. The van der Waals surface area contributed by atoms with E-state index in [1.165, 1.54) is 5.56 Å². The largest absolute Gasteiger partial charge is 0.493 e. The molecular formula is C23H20N2O3. The van der Waals surface area contributed by atoms with Crippen molar-refractivity contribution in [2.75, 3.05) is 7.11 Å². The van der Waals surface area contributed by atoms with E-state index in [1.54, 1.807) is 7.11 Å². The van der Waals surface area contributed by atoms with Crippen molar-refractivity contribution < 1.29 is 14.0 Å². The third-order valence-electron chi connectivity index (χ3n) is 4.38. The van der Waals surface area contributed by atoms with Gasteiger partial charge in [-0.15, -0.1) is 0 Å². The van der Waals surface area contributed by atoms with Crippen LogP contribution in [0.1, 0.15) is 11.1 Å². The zero-order chi connectivity index (χ0) is 19.3. The lowest BCUT2D eigenvalue weighted by Crippen LogP contribution is -1.98. The van der Waals surface area contributed by atoms with Crippen LogP contribution in [-0.4, -0.2) is 17.3 Å². The molecule has 28 heavy (non-hydrogen) atoms. The van der Waals surface area contributed by atoms with Gasteiger partial charge in [-0.2, -0.15) is 4.98 Å². The van der Waals surface area contributed by atoms with Gasteiger partial charge in [0.1, 0.15) is 6.61 Å². The number of hydrogen-bond acceptors (Lipinski definition) is 5. The maximum absolute atomic E-state index is 5.90. The standard InChI is InChI=1S/C23H20N2O3/c1-16-8-10-18(11-9-16)23-24-22(25-28-23)19-12-13-20(21(14-19)26-2)27-15-17-6-4-3-5-7-17/h3-14H,15H2,1-2H3. The van der Waals surface area contributed by atoms with Crippen molar-refractivity contribution in [3.8, 4) is 34.3 Å². The highest BCUT2D eigenvalue weighted by Gasteiger charge is 2.13. The first-order valence-electron chi connectivity index (χ1n) is 8.99. The minimum Gasteiger partial charge on any atom is -0.493 e. The van der Waals surface area contributed by atoms with E-state index in [-0.39, 0.29) is 0 Å². The number of rotatable bonds is 6. The van der Waals surface area contributed by atoms with Crippen LogP contribution < -0.4 is 9.47 Å². The van der Waals surface area contributed by atoms with Crippen LogP contribution in [0.25, 0.3) is 22.8 Å². The molecule has 4 aromatic rings. The molecule has 0 bridgehead atoms. The van der Waals surface area contributed by atoms with Crippen LogP contribution in [0.4, 0.5) is 0 Å². The monoisotopic (exact) mass is 372 g/mol. The van der Waals surface area contributed by atoms with Crippen LogP contribution in [0.2, 0.25) is 0 Å². The Morgan fingerprint density at radius 3 is 2.36 bits per heavy atom. The van der Waals surface area contributed by atoms with E-state index in [0.29, 0.717) is 29.8 Å². The summed E-state index contributed by atoms with van der Waals surface area (Å²) in [5.41, 5.74) is 3.96. The second kappa shape index (κ2) is 7.96. The first-order chi connectivity index (χ1) is 13.7. The van der Waals surface area contributed by atoms with Crippen LogP contribution in [-0.2, 0) is 6.61 Å². The summed E-state index contributed by atoms with van der Waals surface area (Å²) in [5.74, 6) is 2.27. The van der Waals surface area contributed by atoms with Crippen LogP contribution in [0, 0.1) is 6.92 Å². The molecule has 0 saturated heterocycles. The predicted octanol–water partition coefficient (Wildman–Crippen LogP) is 5.30. The molecule has 0 atom stereocenters. The van der Waals surface area contributed by atoms with Gasteiger partial charge in [-0.05, 0) is 42.8 Å². The van der Waals surface area contributed by atoms with Crippen molar-refractivity contribution in [1.82, 2.24) is 10.1 Å². The highest BCUT2D eigenvalue weighted by atomic mass is 16.5. The van der Waals surface area contributed by atoms with Gasteiger partial charge in [-0.1, -0.05) is 53.2 Å². The van der Waals surface area contributed by atoms with Crippen molar-refractivity contribution in [1.29, 1.82) is 0 Å². The summed E-state index contributed by atoms with van der Waals surface area (Å²) in [4.78, 5) is 4.50. The van der Waals surface area contributed by atoms with E-state index in [1.807, 2.05) is 79.7 Å². The average molecular weight is 372 g/mol. The fraction of sp³-hybridized carbons (Fsp3) is 0.130. The SMILES string of the molecule is COc1cc(-c2noc(-c3ccc(C)cc3)n2)ccc1OCc1ccccc1. The van der Waals surface area contributed by atoms with Crippen molar-refractivity contribution in [3.63, 3.8) is 0 Å². The van der Waals surface area contributed by atoms with Gasteiger partial charge in [0.2, 0.25) is 5.82 Å². The molecule has 0 radical (unpaired) electrons. The first-order valence-corrected chi connectivity index (χ1v) is 8.99. The summed E-state index contributed by atoms with van der Waals surface area (Å²) < 4.78 is 16.8. The third-order valence-corrected chi connectivity index (χ3v) is 4.38. The second-order valence-electron chi connectivity index (χ2n) is 6.43. The number of benzene rings is 3. The Morgan fingerprint density at radius 1 is 0.857 bits per heavy atom. The van der Waals surface area contributed by atoms with Gasteiger partial charge in [0.05, 0.1) is 7.11 Å². The fourth-order valence-corrected chi connectivity index (χ4v) is 2.82. The Labute approximate surface area is 163 Å². The highest BCUT2D eigenvalue weighted by Crippen LogP contribution is 2.33. The number of nitrogens with zero attached hydrogens (tertiary/aromatic N) is 2. The molecule has 140 valence electrons. The number of aryl methyl sites for hydroxylation is 1. The summed E-state index contributed by atoms with van der Waals surface area (Å²) in [7, 11) is 1.61. The topological polar surface area (TPSA) is 57.4 Å². The van der Waals surface area contributed by atoms with Gasteiger partial charge in [0.15, 0.2) is 11.5 Å². The van der Waals surface area contributed by atoms with E-state index < -0.39 is 0 Å². The number of ether oxygens (including phenoxy) is 2. The zero-order valence-corrected chi connectivity index (χ0v) is 15.8. The molecule has 0 N–H and O–H groups in total. The Hall–Kier alpha value is -3.60. The second-order valence-corrected chi connectivity index (χ2v) is 6.43. The Kier molecular flexibility index (Phi) is 5.06. The first kappa shape index (κ1) is 17.8. The quantitative estimate of drug-likeness (QED) is 0.460.